The molecule has 2 aromatic carbocycles. The molecule has 0 saturated heterocycles. The molecule has 0 heterocycles. The Morgan fingerprint density at radius 3 is 2.74 bits per heavy atom. The molecule has 3 N–H and O–H groups in total. The van der Waals surface area contributed by atoms with Crippen molar-refractivity contribution in [2.24, 2.45) is 0 Å². The van der Waals surface area contributed by atoms with Crippen molar-refractivity contribution < 1.29 is 9.18 Å². The van der Waals surface area contributed by atoms with Crippen LogP contribution >= 0.6 is 0 Å². The fourth-order valence-electron chi connectivity index (χ4n) is 1.78. The van der Waals surface area contributed by atoms with E-state index in [1.54, 1.807) is 12.1 Å². The van der Waals surface area contributed by atoms with Crippen molar-refractivity contribution >= 4 is 11.6 Å². The Hall–Kier alpha value is -2.36. The standard InChI is InChI=1S/C15H15FN2O/c1-10-6-7-13(16)12(8-10)15(19)18-9-11-4-2-3-5-14(11)17/h2-8H,9,17H2,1H3,(H,18,19). The van der Waals surface area contributed by atoms with Crippen LogP contribution in [0.15, 0.2) is 42.5 Å². The van der Waals surface area contributed by atoms with E-state index in [-0.39, 0.29) is 12.1 Å². The van der Waals surface area contributed by atoms with Crippen LogP contribution in [0.25, 0.3) is 0 Å². The number of hydrogen-bond acceptors (Lipinski definition) is 2. The fraction of sp³-hybridized carbons (Fsp3) is 0.133. The minimum Gasteiger partial charge on any atom is -0.398 e. The van der Waals surface area contributed by atoms with Gasteiger partial charge in [-0.25, -0.2) is 4.39 Å². The number of nitrogens with one attached hydrogen (secondary N) is 1. The molecule has 0 aliphatic rings. The van der Waals surface area contributed by atoms with Gasteiger partial charge in [-0.3, -0.25) is 4.79 Å². The van der Waals surface area contributed by atoms with Crippen molar-refractivity contribution in [2.75, 3.05) is 5.73 Å². The first-order valence-corrected chi connectivity index (χ1v) is 5.95. The van der Waals surface area contributed by atoms with Crippen molar-refractivity contribution in [3.05, 3.63) is 65.0 Å². The van der Waals surface area contributed by atoms with Crippen molar-refractivity contribution in [3.8, 4) is 0 Å². The third-order valence-electron chi connectivity index (χ3n) is 2.86. The smallest absolute Gasteiger partial charge is 0.254 e. The van der Waals surface area contributed by atoms with Gasteiger partial charge in [0.25, 0.3) is 5.91 Å². The molecule has 0 aromatic heterocycles. The predicted molar refractivity (Wildman–Crippen MR) is 73.2 cm³/mol. The average molecular weight is 258 g/mol. The van der Waals surface area contributed by atoms with Crippen molar-refractivity contribution in [3.63, 3.8) is 0 Å². The maximum absolute atomic E-state index is 13.5. The molecule has 2 rings (SSSR count). The molecule has 0 atom stereocenters. The van der Waals surface area contributed by atoms with Gasteiger partial charge in [-0.2, -0.15) is 0 Å². The van der Waals surface area contributed by atoms with Gasteiger partial charge in [0.15, 0.2) is 0 Å². The summed E-state index contributed by atoms with van der Waals surface area (Å²) in [6.45, 7) is 2.09. The van der Waals surface area contributed by atoms with Crippen LogP contribution in [0.1, 0.15) is 21.5 Å². The lowest BCUT2D eigenvalue weighted by molar-refractivity contribution is 0.0947. The van der Waals surface area contributed by atoms with Crippen LogP contribution in [-0.2, 0) is 6.54 Å². The third kappa shape index (κ3) is 3.10. The van der Waals surface area contributed by atoms with Gasteiger partial charge in [-0.05, 0) is 30.7 Å². The summed E-state index contributed by atoms with van der Waals surface area (Å²) in [6.07, 6.45) is 0. The van der Waals surface area contributed by atoms with Crippen LogP contribution in [0.4, 0.5) is 10.1 Å². The molecule has 0 saturated carbocycles. The molecule has 0 spiro atoms. The Bertz CT molecular complexity index is 611. The number of rotatable bonds is 3. The van der Waals surface area contributed by atoms with Crippen LogP contribution < -0.4 is 11.1 Å². The highest BCUT2D eigenvalue weighted by atomic mass is 19.1. The monoisotopic (exact) mass is 258 g/mol. The highest BCUT2D eigenvalue weighted by Crippen LogP contribution is 2.12. The molecule has 2 aromatic rings. The predicted octanol–water partition coefficient (Wildman–Crippen LogP) is 2.65. The molecule has 19 heavy (non-hydrogen) atoms. The Kier molecular flexibility index (Phi) is 3.80. The zero-order valence-electron chi connectivity index (χ0n) is 10.6. The van der Waals surface area contributed by atoms with Crippen molar-refractivity contribution in [1.82, 2.24) is 5.32 Å². The average Bonchev–Trinajstić information content (AvgIpc) is 2.40. The fourth-order valence-corrected chi connectivity index (χ4v) is 1.78. The minimum absolute atomic E-state index is 0.0505. The maximum atomic E-state index is 13.5. The molecule has 0 aliphatic carbocycles. The summed E-state index contributed by atoms with van der Waals surface area (Å²) in [5.74, 6) is -0.964. The lowest BCUT2D eigenvalue weighted by Crippen LogP contribution is -2.24. The lowest BCUT2D eigenvalue weighted by Gasteiger charge is -2.08. The molecule has 0 aliphatic heterocycles. The van der Waals surface area contributed by atoms with Crippen LogP contribution in [-0.4, -0.2) is 5.91 Å². The van der Waals surface area contributed by atoms with Crippen LogP contribution in [0.5, 0.6) is 0 Å². The highest BCUT2D eigenvalue weighted by Gasteiger charge is 2.11. The van der Waals surface area contributed by atoms with Crippen molar-refractivity contribution in [1.29, 1.82) is 0 Å². The molecule has 1 amide bonds. The first-order chi connectivity index (χ1) is 9.08. The zero-order chi connectivity index (χ0) is 13.8. The number of hydrogen-bond donors (Lipinski definition) is 2. The summed E-state index contributed by atoms with van der Waals surface area (Å²) in [4.78, 5) is 11.9. The summed E-state index contributed by atoms with van der Waals surface area (Å²) in [5.41, 5.74) is 8.08. The summed E-state index contributed by atoms with van der Waals surface area (Å²) >= 11 is 0. The number of halogens is 1. The molecule has 4 heteroatoms. The summed E-state index contributed by atoms with van der Waals surface area (Å²) in [7, 11) is 0. The van der Waals surface area contributed by atoms with Gasteiger partial charge in [0.2, 0.25) is 0 Å². The van der Waals surface area contributed by atoms with Gasteiger partial charge >= 0.3 is 0 Å². The number of amides is 1. The van der Waals surface area contributed by atoms with Gasteiger partial charge < -0.3 is 11.1 Å². The molecule has 98 valence electrons. The van der Waals surface area contributed by atoms with Gasteiger partial charge in [0.05, 0.1) is 5.56 Å². The third-order valence-corrected chi connectivity index (χ3v) is 2.86. The molecule has 3 nitrogen and oxygen atoms in total. The number of benzene rings is 2. The number of para-hydroxylation sites is 1. The Balaban J connectivity index is 2.10. The van der Waals surface area contributed by atoms with Crippen LogP contribution in [0.3, 0.4) is 0 Å². The molecular weight excluding hydrogens is 243 g/mol. The lowest BCUT2D eigenvalue weighted by atomic mass is 10.1. The van der Waals surface area contributed by atoms with Gasteiger partial charge in [0.1, 0.15) is 5.82 Å². The Morgan fingerprint density at radius 2 is 2.00 bits per heavy atom. The molecule has 0 unspecified atom stereocenters. The van der Waals surface area contributed by atoms with Crippen LogP contribution in [0, 0.1) is 12.7 Å². The van der Waals surface area contributed by atoms with E-state index in [9.17, 15) is 9.18 Å². The van der Waals surface area contributed by atoms with Gasteiger partial charge in [0, 0.05) is 12.2 Å². The normalized spacial score (nSPS) is 10.2. The van der Waals surface area contributed by atoms with E-state index in [2.05, 4.69) is 5.32 Å². The van der Waals surface area contributed by atoms with E-state index in [0.717, 1.165) is 11.1 Å². The largest absolute Gasteiger partial charge is 0.398 e. The topological polar surface area (TPSA) is 55.1 Å². The van der Waals surface area contributed by atoms with Crippen molar-refractivity contribution in [2.45, 2.75) is 13.5 Å². The summed E-state index contributed by atoms with van der Waals surface area (Å²) in [6, 6.07) is 11.7. The van der Waals surface area contributed by atoms with E-state index < -0.39 is 11.7 Å². The number of carbonyl (C=O) groups is 1. The Labute approximate surface area is 111 Å². The SMILES string of the molecule is Cc1ccc(F)c(C(=O)NCc2ccccc2N)c1. The van der Waals surface area contributed by atoms with E-state index >= 15 is 0 Å². The van der Waals surface area contributed by atoms with E-state index in [0.29, 0.717) is 5.69 Å². The first-order valence-electron chi connectivity index (χ1n) is 5.95. The minimum atomic E-state index is -0.524. The quantitative estimate of drug-likeness (QED) is 0.831. The molecular formula is C15H15FN2O. The van der Waals surface area contributed by atoms with Gasteiger partial charge in [-0.15, -0.1) is 0 Å². The van der Waals surface area contributed by atoms with Crippen LogP contribution in [0.2, 0.25) is 0 Å². The number of nitrogen functional groups attached to an aromatic ring is 1. The van der Waals surface area contributed by atoms with E-state index in [1.165, 1.54) is 12.1 Å². The molecule has 0 radical (unpaired) electrons. The second-order valence-corrected chi connectivity index (χ2v) is 4.36. The second-order valence-electron chi connectivity index (χ2n) is 4.36. The summed E-state index contributed by atoms with van der Waals surface area (Å²) in [5, 5.41) is 2.67. The van der Waals surface area contributed by atoms with E-state index in [4.69, 9.17) is 5.73 Å². The second kappa shape index (κ2) is 5.52. The number of carbonyl (C=O) groups excluding carboxylic acids is 1. The molecule has 0 bridgehead atoms. The zero-order valence-corrected chi connectivity index (χ0v) is 10.6. The van der Waals surface area contributed by atoms with E-state index in [1.807, 2.05) is 25.1 Å². The number of aryl methyl sites for hydroxylation is 1. The number of anilines is 1. The maximum Gasteiger partial charge on any atom is 0.254 e. The van der Waals surface area contributed by atoms with Gasteiger partial charge in [-0.1, -0.05) is 29.8 Å². The number of nitrogens with two attached hydrogens (primary N) is 1. The summed E-state index contributed by atoms with van der Waals surface area (Å²) < 4.78 is 13.5. The molecule has 0 fully saturated rings. The highest BCUT2D eigenvalue weighted by molar-refractivity contribution is 5.94. The Morgan fingerprint density at radius 1 is 1.26 bits per heavy atom. The first kappa shape index (κ1) is 13.1.